The first-order valence-corrected chi connectivity index (χ1v) is 2.71. The van der Waals surface area contributed by atoms with Crippen LogP contribution in [0.1, 0.15) is 11.1 Å². The number of nitriles is 1. The van der Waals surface area contributed by atoms with Gasteiger partial charge in [-0.2, -0.15) is 5.26 Å². The van der Waals surface area contributed by atoms with Crippen LogP contribution in [-0.2, 0) is 0 Å². The van der Waals surface area contributed by atoms with E-state index in [0.717, 1.165) is 5.56 Å². The number of hydrogen-bond acceptors (Lipinski definition) is 1. The van der Waals surface area contributed by atoms with Crippen molar-refractivity contribution in [3.05, 3.63) is 35.4 Å². The number of aryl methyl sites for hydroxylation is 1. The molecule has 0 aliphatic carbocycles. The second-order valence-electron chi connectivity index (χ2n) is 1.89. The Bertz CT molecular complexity index is 245. The Kier molecular flexibility index (Phi) is 1.51. The van der Waals surface area contributed by atoms with Crippen LogP contribution in [0, 0.1) is 24.3 Å². The summed E-state index contributed by atoms with van der Waals surface area (Å²) in [6.45, 7) is 1.95. The Balaban J connectivity index is 3.12. The van der Waals surface area contributed by atoms with Gasteiger partial charge in [0.1, 0.15) is 0 Å². The van der Waals surface area contributed by atoms with Gasteiger partial charge in [0.15, 0.2) is 0 Å². The van der Waals surface area contributed by atoms with E-state index in [1.807, 2.05) is 19.1 Å². The lowest BCUT2D eigenvalue weighted by Gasteiger charge is -1.87. The van der Waals surface area contributed by atoms with Gasteiger partial charge in [0.05, 0.1) is 11.6 Å². The van der Waals surface area contributed by atoms with Gasteiger partial charge in [0.2, 0.25) is 0 Å². The number of benzene rings is 1. The molecular weight excluding hydrogens is 110 g/mol. The predicted molar refractivity (Wildman–Crippen MR) is 34.7 cm³/mol. The van der Waals surface area contributed by atoms with E-state index in [9.17, 15) is 0 Å². The Hall–Kier alpha value is -1.29. The summed E-state index contributed by atoms with van der Waals surface area (Å²) < 4.78 is 0. The quantitative estimate of drug-likeness (QED) is 0.505. The Morgan fingerprint density at radius 1 is 1.67 bits per heavy atom. The minimum absolute atomic E-state index is 0.606. The average Bonchev–Trinajstić information content (AvgIpc) is 1.88. The van der Waals surface area contributed by atoms with Crippen LogP contribution in [0.2, 0.25) is 0 Å². The lowest BCUT2D eigenvalue weighted by molar-refractivity contribution is 1.42. The van der Waals surface area contributed by atoms with E-state index < -0.39 is 0 Å². The summed E-state index contributed by atoms with van der Waals surface area (Å²) in [7, 11) is 0. The van der Waals surface area contributed by atoms with Crippen molar-refractivity contribution in [2.24, 2.45) is 0 Å². The lowest BCUT2D eigenvalue weighted by Crippen LogP contribution is -1.74. The van der Waals surface area contributed by atoms with E-state index in [1.165, 1.54) is 0 Å². The molecule has 1 heteroatoms. The van der Waals surface area contributed by atoms with Crippen molar-refractivity contribution in [2.45, 2.75) is 6.92 Å². The van der Waals surface area contributed by atoms with Crippen LogP contribution >= 0.6 is 0 Å². The lowest BCUT2D eigenvalue weighted by atomic mass is 10.2. The maximum Gasteiger partial charge on any atom is 0.0998 e. The minimum Gasteiger partial charge on any atom is -0.192 e. The van der Waals surface area contributed by atoms with Gasteiger partial charge < -0.3 is 0 Å². The summed E-state index contributed by atoms with van der Waals surface area (Å²) in [5.74, 6) is 0. The zero-order valence-electron chi connectivity index (χ0n) is 5.18. The molecule has 9 heavy (non-hydrogen) atoms. The van der Waals surface area contributed by atoms with E-state index in [2.05, 4.69) is 6.07 Å². The van der Waals surface area contributed by atoms with E-state index in [0.29, 0.717) is 5.56 Å². The molecule has 0 atom stereocenters. The Labute approximate surface area is 54.6 Å². The van der Waals surface area contributed by atoms with E-state index >= 15 is 0 Å². The first-order valence-electron chi connectivity index (χ1n) is 2.71. The maximum atomic E-state index is 8.38. The monoisotopic (exact) mass is 116 g/mol. The van der Waals surface area contributed by atoms with Crippen molar-refractivity contribution in [2.75, 3.05) is 0 Å². The average molecular weight is 116 g/mol. The third-order valence-corrected chi connectivity index (χ3v) is 1.08. The first kappa shape index (κ1) is 5.84. The molecular formula is C8H6N. The summed E-state index contributed by atoms with van der Waals surface area (Å²) in [6, 6.07) is 10.3. The summed E-state index contributed by atoms with van der Waals surface area (Å²) in [4.78, 5) is 0. The zero-order valence-corrected chi connectivity index (χ0v) is 5.18. The van der Waals surface area contributed by atoms with Crippen molar-refractivity contribution in [3.63, 3.8) is 0 Å². The molecule has 0 spiro atoms. The third-order valence-electron chi connectivity index (χ3n) is 1.08. The van der Waals surface area contributed by atoms with Gasteiger partial charge in [0, 0.05) is 6.07 Å². The molecule has 0 unspecified atom stereocenters. The minimum atomic E-state index is 0.606. The van der Waals surface area contributed by atoms with Gasteiger partial charge in [0.25, 0.3) is 0 Å². The molecule has 0 aromatic heterocycles. The highest BCUT2D eigenvalue weighted by Crippen LogP contribution is 1.99. The molecule has 0 aliphatic rings. The standard InChI is InChI=1S/C8H6N/c1-7-3-2-4-8(5-7)6-9/h2-3,5H,1H3. The van der Waals surface area contributed by atoms with E-state index in [4.69, 9.17) is 5.26 Å². The summed E-state index contributed by atoms with van der Waals surface area (Å²) in [6.07, 6.45) is 0. The summed E-state index contributed by atoms with van der Waals surface area (Å²) >= 11 is 0. The Morgan fingerprint density at radius 3 is 2.89 bits per heavy atom. The molecule has 0 heterocycles. The number of hydrogen-bond donors (Lipinski definition) is 0. The maximum absolute atomic E-state index is 8.38. The van der Waals surface area contributed by atoms with Gasteiger partial charge in [-0.25, -0.2) is 0 Å². The summed E-state index contributed by atoms with van der Waals surface area (Å²) in [5, 5.41) is 8.38. The second-order valence-corrected chi connectivity index (χ2v) is 1.89. The van der Waals surface area contributed by atoms with Crippen molar-refractivity contribution in [1.82, 2.24) is 0 Å². The number of nitrogens with zero attached hydrogens (tertiary/aromatic N) is 1. The molecule has 0 saturated carbocycles. The molecule has 1 nitrogen and oxygen atoms in total. The topological polar surface area (TPSA) is 23.8 Å². The van der Waals surface area contributed by atoms with Crippen molar-refractivity contribution in [1.29, 1.82) is 5.26 Å². The van der Waals surface area contributed by atoms with Gasteiger partial charge >= 0.3 is 0 Å². The van der Waals surface area contributed by atoms with Crippen molar-refractivity contribution >= 4 is 0 Å². The van der Waals surface area contributed by atoms with E-state index in [-0.39, 0.29) is 0 Å². The SMILES string of the molecule is Cc1cc[c]c(C#N)c1. The van der Waals surface area contributed by atoms with Crippen molar-refractivity contribution < 1.29 is 0 Å². The Morgan fingerprint density at radius 2 is 2.44 bits per heavy atom. The molecule has 0 N–H and O–H groups in total. The highest BCUT2D eigenvalue weighted by Gasteiger charge is 1.86. The van der Waals surface area contributed by atoms with E-state index in [1.54, 1.807) is 12.1 Å². The van der Waals surface area contributed by atoms with Gasteiger partial charge in [-0.05, 0) is 18.6 Å². The van der Waals surface area contributed by atoms with Crippen LogP contribution < -0.4 is 0 Å². The van der Waals surface area contributed by atoms with Gasteiger partial charge in [-0.15, -0.1) is 0 Å². The second kappa shape index (κ2) is 2.32. The predicted octanol–water partition coefficient (Wildman–Crippen LogP) is 1.67. The fourth-order valence-electron chi connectivity index (χ4n) is 0.645. The molecule has 1 rings (SSSR count). The zero-order chi connectivity index (χ0) is 6.69. The molecule has 1 aromatic carbocycles. The van der Waals surface area contributed by atoms with Crippen LogP contribution in [0.3, 0.4) is 0 Å². The fourth-order valence-corrected chi connectivity index (χ4v) is 0.645. The van der Waals surface area contributed by atoms with Crippen LogP contribution in [0.4, 0.5) is 0 Å². The smallest absolute Gasteiger partial charge is 0.0998 e. The number of rotatable bonds is 0. The summed E-state index contributed by atoms with van der Waals surface area (Å²) in [5.41, 5.74) is 1.71. The molecule has 1 radical (unpaired) electrons. The highest BCUT2D eigenvalue weighted by molar-refractivity contribution is 5.30. The molecule has 43 valence electrons. The van der Waals surface area contributed by atoms with Crippen LogP contribution in [0.25, 0.3) is 0 Å². The highest BCUT2D eigenvalue weighted by atomic mass is 14.2. The molecule has 0 bridgehead atoms. The van der Waals surface area contributed by atoms with Crippen molar-refractivity contribution in [3.8, 4) is 6.07 Å². The van der Waals surface area contributed by atoms with Crippen LogP contribution in [0.5, 0.6) is 0 Å². The third kappa shape index (κ3) is 1.30. The van der Waals surface area contributed by atoms with Gasteiger partial charge in [-0.3, -0.25) is 0 Å². The largest absolute Gasteiger partial charge is 0.192 e. The fraction of sp³-hybridized carbons (Fsp3) is 0.125. The molecule has 0 amide bonds. The van der Waals surface area contributed by atoms with Crippen LogP contribution in [0.15, 0.2) is 18.2 Å². The van der Waals surface area contributed by atoms with Gasteiger partial charge in [-0.1, -0.05) is 12.1 Å². The normalized spacial score (nSPS) is 8.44. The molecule has 0 aliphatic heterocycles. The molecule has 1 aromatic rings. The molecule has 0 saturated heterocycles. The molecule has 0 fully saturated rings. The first-order chi connectivity index (χ1) is 4.33. The van der Waals surface area contributed by atoms with Crippen LogP contribution in [-0.4, -0.2) is 0 Å².